The quantitative estimate of drug-likeness (QED) is 0.749. The van der Waals surface area contributed by atoms with Crippen LogP contribution in [0.2, 0.25) is 0 Å². The molecule has 1 aromatic heterocycles. The molecular formula is C16H24N4O5. The average Bonchev–Trinajstić information content (AvgIpc) is 2.90. The largest absolute Gasteiger partial charge is 0.444 e. The zero-order valence-corrected chi connectivity index (χ0v) is 15.0. The number of carbonyl (C=O) groups is 2. The van der Waals surface area contributed by atoms with E-state index in [9.17, 15) is 9.59 Å². The van der Waals surface area contributed by atoms with Crippen molar-refractivity contribution in [3.63, 3.8) is 0 Å². The van der Waals surface area contributed by atoms with Gasteiger partial charge in [0.2, 0.25) is 0 Å². The second-order valence-corrected chi connectivity index (χ2v) is 7.47. The van der Waals surface area contributed by atoms with Crippen LogP contribution in [0.4, 0.5) is 4.79 Å². The topological polar surface area (TPSA) is 98.0 Å². The minimum absolute atomic E-state index is 0.116. The summed E-state index contributed by atoms with van der Waals surface area (Å²) in [5.74, 6) is -0.233. The van der Waals surface area contributed by atoms with E-state index in [0.29, 0.717) is 38.4 Å². The van der Waals surface area contributed by atoms with E-state index in [0.717, 1.165) is 0 Å². The van der Waals surface area contributed by atoms with Gasteiger partial charge in [-0.05, 0) is 39.3 Å². The van der Waals surface area contributed by atoms with Crippen LogP contribution >= 0.6 is 0 Å². The Morgan fingerprint density at radius 3 is 2.56 bits per heavy atom. The van der Waals surface area contributed by atoms with Gasteiger partial charge in [-0.25, -0.2) is 9.42 Å². The number of carbonyl (C=O) groups excluding carboxylic acids is 2. The summed E-state index contributed by atoms with van der Waals surface area (Å²) in [7, 11) is 0. The molecule has 2 bridgehead atoms. The number of aryl methyl sites for hydroxylation is 1. The molecule has 0 radical (unpaired) electrons. The molecule has 0 aliphatic carbocycles. The Balaban J connectivity index is 1.79. The number of fused-ring (bicyclic) bond motifs is 2. The fourth-order valence-electron chi connectivity index (χ4n) is 3.18. The first-order chi connectivity index (χ1) is 11.8. The van der Waals surface area contributed by atoms with E-state index in [1.165, 1.54) is 0 Å². The summed E-state index contributed by atoms with van der Waals surface area (Å²) in [5, 5.41) is 7.41. The van der Waals surface area contributed by atoms with Gasteiger partial charge in [0.1, 0.15) is 11.3 Å². The highest BCUT2D eigenvalue weighted by Gasteiger charge is 2.41. The minimum atomic E-state index is -0.562. The molecule has 9 heteroatoms. The van der Waals surface area contributed by atoms with E-state index in [4.69, 9.17) is 9.47 Å². The Hall–Kier alpha value is -2.16. The molecule has 3 rings (SSSR count). The lowest BCUT2D eigenvalue weighted by Crippen LogP contribution is -2.56. The van der Waals surface area contributed by atoms with Crippen LogP contribution in [0, 0.1) is 6.92 Å². The molecular weight excluding hydrogens is 328 g/mol. The van der Waals surface area contributed by atoms with E-state index in [-0.39, 0.29) is 29.8 Å². The number of hydrogen-bond acceptors (Lipinski definition) is 7. The highest BCUT2D eigenvalue weighted by Crippen LogP contribution is 2.25. The summed E-state index contributed by atoms with van der Waals surface area (Å²) in [6, 6.07) is -0.368. The van der Waals surface area contributed by atoms with Crippen molar-refractivity contribution >= 4 is 12.0 Å². The summed E-state index contributed by atoms with van der Waals surface area (Å²) in [6.07, 6.45) is 0.248. The van der Waals surface area contributed by atoms with Gasteiger partial charge in [-0.3, -0.25) is 4.79 Å². The molecule has 2 fully saturated rings. The third-order valence-corrected chi connectivity index (χ3v) is 4.31. The first-order valence-corrected chi connectivity index (χ1v) is 8.44. The van der Waals surface area contributed by atoms with E-state index >= 15 is 0 Å². The van der Waals surface area contributed by atoms with Gasteiger partial charge in [-0.15, -0.1) is 0 Å². The molecule has 2 unspecified atom stereocenters. The van der Waals surface area contributed by atoms with E-state index in [1.54, 1.807) is 16.7 Å². The highest BCUT2D eigenvalue weighted by atomic mass is 16.6. The number of aromatic nitrogens is 2. The fourth-order valence-corrected chi connectivity index (χ4v) is 3.18. The van der Waals surface area contributed by atoms with Gasteiger partial charge >= 0.3 is 6.09 Å². The molecule has 2 saturated heterocycles. The summed E-state index contributed by atoms with van der Waals surface area (Å²) < 4.78 is 15.8. The fraction of sp³-hybridized carbons (Fsp3) is 0.750. The van der Waals surface area contributed by atoms with Crippen LogP contribution in [0.5, 0.6) is 0 Å². The molecule has 138 valence electrons. The van der Waals surface area contributed by atoms with Gasteiger partial charge in [-0.2, -0.15) is 0 Å². The first-order valence-electron chi connectivity index (χ1n) is 8.44. The van der Waals surface area contributed by atoms with Gasteiger partial charge in [0.15, 0.2) is 5.69 Å². The van der Waals surface area contributed by atoms with Gasteiger partial charge in [0.05, 0.1) is 25.3 Å². The first kappa shape index (κ1) is 17.7. The van der Waals surface area contributed by atoms with Crippen molar-refractivity contribution in [2.75, 3.05) is 26.3 Å². The molecule has 3 heterocycles. The highest BCUT2D eigenvalue weighted by molar-refractivity contribution is 5.93. The smallest absolute Gasteiger partial charge is 0.410 e. The van der Waals surface area contributed by atoms with Gasteiger partial charge in [0, 0.05) is 13.1 Å². The lowest BCUT2D eigenvalue weighted by Gasteiger charge is -2.39. The predicted octanol–water partition coefficient (Wildman–Crippen LogP) is 1.23. The predicted molar refractivity (Wildman–Crippen MR) is 86.0 cm³/mol. The maximum absolute atomic E-state index is 12.9. The number of ether oxygens (including phenoxy) is 2. The van der Waals surface area contributed by atoms with Crippen LogP contribution in [0.3, 0.4) is 0 Å². The molecule has 9 nitrogen and oxygen atoms in total. The molecule has 0 saturated carbocycles. The van der Waals surface area contributed by atoms with Crippen molar-refractivity contribution < 1.29 is 23.7 Å². The van der Waals surface area contributed by atoms with E-state index < -0.39 is 5.60 Å². The molecule has 0 aromatic carbocycles. The number of hydrogen-bond donors (Lipinski definition) is 0. The van der Waals surface area contributed by atoms with Crippen molar-refractivity contribution in [2.45, 2.75) is 51.8 Å². The maximum atomic E-state index is 12.9. The van der Waals surface area contributed by atoms with Crippen LogP contribution in [0.15, 0.2) is 4.63 Å². The molecule has 0 spiro atoms. The summed E-state index contributed by atoms with van der Waals surface area (Å²) in [4.78, 5) is 28.8. The Kier molecular flexibility index (Phi) is 4.68. The lowest BCUT2D eigenvalue weighted by atomic mass is 10.1. The Morgan fingerprint density at radius 2 is 1.92 bits per heavy atom. The molecule has 2 aliphatic heterocycles. The number of rotatable bonds is 1. The molecule has 2 atom stereocenters. The maximum Gasteiger partial charge on any atom is 0.410 e. The zero-order valence-electron chi connectivity index (χ0n) is 15.0. The summed E-state index contributed by atoms with van der Waals surface area (Å²) >= 11 is 0. The van der Waals surface area contributed by atoms with Gasteiger partial charge < -0.3 is 19.3 Å². The molecule has 2 aliphatic rings. The third-order valence-electron chi connectivity index (χ3n) is 4.31. The molecule has 0 N–H and O–H groups in total. The standard InChI is InChI=1S/C16H24N4O5/c1-10-13(18-25-17-10)14(21)20-11-5-6-19(7-12(20)9-23-8-11)15(22)24-16(2,3)4/h11-12H,5-9H2,1-4H3. The number of morpholine rings is 1. The van der Waals surface area contributed by atoms with Crippen molar-refractivity contribution in [1.82, 2.24) is 20.1 Å². The van der Waals surface area contributed by atoms with Crippen molar-refractivity contribution in [3.8, 4) is 0 Å². The van der Waals surface area contributed by atoms with Crippen LogP contribution in [-0.4, -0.2) is 76.1 Å². The zero-order chi connectivity index (χ0) is 18.2. The van der Waals surface area contributed by atoms with Crippen molar-refractivity contribution in [2.24, 2.45) is 0 Å². The Labute approximate surface area is 146 Å². The van der Waals surface area contributed by atoms with Crippen LogP contribution in [0.1, 0.15) is 43.4 Å². The SMILES string of the molecule is Cc1nonc1C(=O)N1C2CCN(C(=O)OC(C)(C)C)CC1COC2. The summed E-state index contributed by atoms with van der Waals surface area (Å²) in [5.41, 5.74) is 0.105. The lowest BCUT2D eigenvalue weighted by molar-refractivity contribution is -0.0342. The summed E-state index contributed by atoms with van der Waals surface area (Å²) in [6.45, 7) is 8.86. The van der Waals surface area contributed by atoms with Crippen LogP contribution < -0.4 is 0 Å². The molecule has 2 amide bonds. The molecule has 1 aromatic rings. The van der Waals surface area contributed by atoms with Gasteiger partial charge in [-0.1, -0.05) is 5.16 Å². The van der Waals surface area contributed by atoms with E-state index in [1.807, 2.05) is 20.8 Å². The number of amides is 2. The monoisotopic (exact) mass is 352 g/mol. The van der Waals surface area contributed by atoms with E-state index in [2.05, 4.69) is 14.9 Å². The normalized spacial score (nSPS) is 24.0. The second-order valence-electron chi connectivity index (χ2n) is 7.47. The van der Waals surface area contributed by atoms with Crippen LogP contribution in [0.25, 0.3) is 0 Å². The van der Waals surface area contributed by atoms with Crippen molar-refractivity contribution in [1.29, 1.82) is 0 Å². The number of nitrogens with zero attached hydrogens (tertiary/aromatic N) is 4. The van der Waals surface area contributed by atoms with Gasteiger partial charge in [0.25, 0.3) is 5.91 Å². The van der Waals surface area contributed by atoms with Crippen LogP contribution in [-0.2, 0) is 9.47 Å². The Bertz CT molecular complexity index is 653. The second kappa shape index (κ2) is 6.62. The molecule has 25 heavy (non-hydrogen) atoms. The minimum Gasteiger partial charge on any atom is -0.444 e. The van der Waals surface area contributed by atoms with Crippen molar-refractivity contribution in [3.05, 3.63) is 11.4 Å². The average molecular weight is 352 g/mol. The third kappa shape index (κ3) is 3.76. The Morgan fingerprint density at radius 1 is 1.20 bits per heavy atom.